The summed E-state index contributed by atoms with van der Waals surface area (Å²) in [7, 11) is 0. The van der Waals surface area contributed by atoms with Crippen LogP contribution in [0.1, 0.15) is 6.92 Å². The molecule has 2 rings (SSSR count). The quantitative estimate of drug-likeness (QED) is 0.731. The molecular weight excluding hydrogens is 176 g/mol. The fraction of sp³-hybridized carbons (Fsp3) is 0.182. The van der Waals surface area contributed by atoms with E-state index in [4.69, 9.17) is 0 Å². The van der Waals surface area contributed by atoms with Gasteiger partial charge in [-0.15, -0.1) is 0 Å². The van der Waals surface area contributed by atoms with Gasteiger partial charge < -0.3 is 5.32 Å². The Morgan fingerprint density at radius 2 is 2.14 bits per heavy atom. The first-order valence-electron chi connectivity index (χ1n) is 4.67. The zero-order valence-corrected chi connectivity index (χ0v) is 8.03. The lowest BCUT2D eigenvalue weighted by Gasteiger charge is -2.03. The van der Waals surface area contributed by atoms with E-state index in [0.29, 0.717) is 6.54 Å². The Bertz CT molecular complexity index is 459. The predicted octanol–water partition coefficient (Wildman–Crippen LogP) is 2.22. The number of fused-ring (bicyclic) bond motifs is 1. The van der Waals surface area contributed by atoms with Gasteiger partial charge >= 0.3 is 6.03 Å². The van der Waals surface area contributed by atoms with Gasteiger partial charge in [0.05, 0.1) is 5.52 Å². The van der Waals surface area contributed by atoms with Gasteiger partial charge in [0.1, 0.15) is 0 Å². The summed E-state index contributed by atoms with van der Waals surface area (Å²) in [6.07, 6.45) is 1.79. The summed E-state index contributed by atoms with van der Waals surface area (Å²) >= 11 is 0. The first-order valence-corrected chi connectivity index (χ1v) is 4.67. The van der Waals surface area contributed by atoms with E-state index in [2.05, 4.69) is 5.32 Å². The minimum absolute atomic E-state index is 0.0753. The minimum Gasteiger partial charge on any atom is -0.338 e. The summed E-state index contributed by atoms with van der Waals surface area (Å²) in [6.45, 7) is 2.55. The molecule has 1 heterocycles. The van der Waals surface area contributed by atoms with Crippen LogP contribution in [-0.4, -0.2) is 17.1 Å². The van der Waals surface area contributed by atoms with Gasteiger partial charge in [-0.2, -0.15) is 0 Å². The molecule has 1 aromatic carbocycles. The van der Waals surface area contributed by atoms with Crippen LogP contribution in [0.4, 0.5) is 4.79 Å². The van der Waals surface area contributed by atoms with Crippen LogP contribution < -0.4 is 5.32 Å². The van der Waals surface area contributed by atoms with Gasteiger partial charge in [0.25, 0.3) is 0 Å². The fourth-order valence-electron chi connectivity index (χ4n) is 1.50. The first kappa shape index (κ1) is 8.81. The van der Waals surface area contributed by atoms with Crippen molar-refractivity contribution in [1.29, 1.82) is 0 Å². The Morgan fingerprint density at radius 1 is 1.36 bits per heavy atom. The van der Waals surface area contributed by atoms with Crippen LogP contribution in [0.25, 0.3) is 10.9 Å². The Morgan fingerprint density at radius 3 is 2.93 bits per heavy atom. The number of carbonyl (C=O) groups is 1. The highest BCUT2D eigenvalue weighted by Crippen LogP contribution is 2.14. The van der Waals surface area contributed by atoms with Crippen LogP contribution in [0.15, 0.2) is 36.5 Å². The topological polar surface area (TPSA) is 34.0 Å². The molecule has 1 aromatic heterocycles. The third-order valence-electron chi connectivity index (χ3n) is 2.15. The maximum absolute atomic E-state index is 11.6. The summed E-state index contributed by atoms with van der Waals surface area (Å²) in [4.78, 5) is 11.6. The van der Waals surface area contributed by atoms with E-state index < -0.39 is 0 Å². The highest BCUT2D eigenvalue weighted by atomic mass is 16.2. The van der Waals surface area contributed by atoms with Crippen LogP contribution in [0.5, 0.6) is 0 Å². The molecular formula is C11H12N2O. The summed E-state index contributed by atoms with van der Waals surface area (Å²) in [6, 6.07) is 9.68. The van der Waals surface area contributed by atoms with Crippen molar-refractivity contribution in [2.24, 2.45) is 0 Å². The van der Waals surface area contributed by atoms with E-state index in [9.17, 15) is 4.79 Å². The van der Waals surface area contributed by atoms with Crippen molar-refractivity contribution in [3.63, 3.8) is 0 Å². The Hall–Kier alpha value is -1.77. The Labute approximate surface area is 82.3 Å². The Balaban J connectivity index is 2.47. The number of hydrogen-bond donors (Lipinski definition) is 1. The molecule has 1 N–H and O–H groups in total. The molecule has 0 saturated heterocycles. The van der Waals surface area contributed by atoms with Crippen molar-refractivity contribution in [2.45, 2.75) is 6.92 Å². The zero-order valence-electron chi connectivity index (χ0n) is 8.03. The van der Waals surface area contributed by atoms with Crippen molar-refractivity contribution in [3.8, 4) is 0 Å². The monoisotopic (exact) mass is 188 g/mol. The maximum atomic E-state index is 11.6. The second-order valence-corrected chi connectivity index (χ2v) is 3.08. The number of hydrogen-bond acceptors (Lipinski definition) is 1. The smallest absolute Gasteiger partial charge is 0.326 e. The van der Waals surface area contributed by atoms with Gasteiger partial charge in [0.2, 0.25) is 0 Å². The zero-order chi connectivity index (χ0) is 9.97. The number of nitrogens with zero attached hydrogens (tertiary/aromatic N) is 1. The third kappa shape index (κ3) is 1.37. The number of amides is 1. The molecule has 0 saturated carbocycles. The van der Waals surface area contributed by atoms with E-state index in [0.717, 1.165) is 10.9 Å². The van der Waals surface area contributed by atoms with Gasteiger partial charge in [-0.3, -0.25) is 4.57 Å². The highest BCUT2D eigenvalue weighted by Gasteiger charge is 2.05. The predicted molar refractivity (Wildman–Crippen MR) is 56.4 cm³/mol. The molecule has 0 radical (unpaired) electrons. The second-order valence-electron chi connectivity index (χ2n) is 3.08. The SMILES string of the molecule is CCNC(=O)n1ccc2ccccc21. The van der Waals surface area contributed by atoms with E-state index in [-0.39, 0.29) is 6.03 Å². The largest absolute Gasteiger partial charge is 0.338 e. The maximum Gasteiger partial charge on any atom is 0.326 e. The average molecular weight is 188 g/mol. The molecule has 0 atom stereocenters. The molecule has 0 spiro atoms. The molecule has 0 fully saturated rings. The van der Waals surface area contributed by atoms with E-state index in [1.165, 1.54) is 0 Å². The summed E-state index contributed by atoms with van der Waals surface area (Å²) < 4.78 is 1.62. The van der Waals surface area contributed by atoms with Gasteiger partial charge in [0, 0.05) is 18.1 Å². The molecule has 0 unspecified atom stereocenters. The molecule has 0 aliphatic rings. The lowest BCUT2D eigenvalue weighted by atomic mass is 10.2. The van der Waals surface area contributed by atoms with Gasteiger partial charge in [0.15, 0.2) is 0 Å². The van der Waals surface area contributed by atoms with Crippen molar-refractivity contribution >= 4 is 16.9 Å². The molecule has 3 heteroatoms. The van der Waals surface area contributed by atoms with Crippen LogP contribution >= 0.6 is 0 Å². The summed E-state index contributed by atoms with van der Waals surface area (Å²) in [5.74, 6) is 0. The van der Waals surface area contributed by atoms with Crippen molar-refractivity contribution in [2.75, 3.05) is 6.54 Å². The summed E-state index contributed by atoms with van der Waals surface area (Å²) in [5.41, 5.74) is 0.943. The van der Waals surface area contributed by atoms with Gasteiger partial charge in [-0.25, -0.2) is 4.79 Å². The molecule has 72 valence electrons. The fourth-order valence-corrected chi connectivity index (χ4v) is 1.50. The van der Waals surface area contributed by atoms with E-state index in [1.54, 1.807) is 10.8 Å². The lowest BCUT2D eigenvalue weighted by Crippen LogP contribution is -2.27. The normalized spacial score (nSPS) is 10.4. The van der Waals surface area contributed by atoms with Crippen LogP contribution in [0, 0.1) is 0 Å². The molecule has 0 aliphatic heterocycles. The average Bonchev–Trinajstić information content (AvgIpc) is 2.61. The first-order chi connectivity index (χ1) is 6.83. The second kappa shape index (κ2) is 3.54. The molecule has 14 heavy (non-hydrogen) atoms. The van der Waals surface area contributed by atoms with E-state index >= 15 is 0 Å². The van der Waals surface area contributed by atoms with Crippen LogP contribution in [0.2, 0.25) is 0 Å². The standard InChI is InChI=1S/C11H12N2O/c1-2-12-11(14)13-8-7-9-5-3-4-6-10(9)13/h3-8H,2H2,1H3,(H,12,14). The minimum atomic E-state index is -0.0753. The molecule has 1 amide bonds. The van der Waals surface area contributed by atoms with Crippen LogP contribution in [-0.2, 0) is 0 Å². The van der Waals surface area contributed by atoms with Crippen molar-refractivity contribution in [1.82, 2.24) is 9.88 Å². The third-order valence-corrected chi connectivity index (χ3v) is 2.15. The lowest BCUT2D eigenvalue weighted by molar-refractivity contribution is 0.244. The molecule has 2 aromatic rings. The number of para-hydroxylation sites is 1. The number of aromatic nitrogens is 1. The van der Waals surface area contributed by atoms with Gasteiger partial charge in [-0.05, 0) is 19.1 Å². The van der Waals surface area contributed by atoms with E-state index in [1.807, 2.05) is 37.3 Å². The molecule has 3 nitrogen and oxygen atoms in total. The Kier molecular flexibility index (Phi) is 2.23. The highest BCUT2D eigenvalue weighted by molar-refractivity contribution is 5.91. The molecule has 0 aliphatic carbocycles. The van der Waals surface area contributed by atoms with Crippen LogP contribution in [0.3, 0.4) is 0 Å². The van der Waals surface area contributed by atoms with Crippen molar-refractivity contribution in [3.05, 3.63) is 36.5 Å². The summed E-state index contributed by atoms with van der Waals surface area (Å²) in [5, 5.41) is 3.85. The number of carbonyl (C=O) groups excluding carboxylic acids is 1. The van der Waals surface area contributed by atoms with Crippen molar-refractivity contribution < 1.29 is 4.79 Å². The number of rotatable bonds is 1. The number of nitrogens with one attached hydrogen (secondary N) is 1. The molecule has 0 bridgehead atoms. The van der Waals surface area contributed by atoms with Gasteiger partial charge in [-0.1, -0.05) is 18.2 Å². The number of benzene rings is 1.